The van der Waals surface area contributed by atoms with E-state index < -0.39 is 15.7 Å². The number of aromatic nitrogens is 3. The second kappa shape index (κ2) is 10.3. The Bertz CT molecular complexity index is 1420. The maximum atomic E-state index is 12.4. The van der Waals surface area contributed by atoms with Gasteiger partial charge in [0.15, 0.2) is 5.82 Å². The normalized spacial score (nSPS) is 21.2. The van der Waals surface area contributed by atoms with Crippen molar-refractivity contribution in [1.29, 1.82) is 0 Å². The maximum Gasteiger partial charge on any atom is 0.158 e. The Morgan fingerprint density at radius 3 is 2.62 bits per heavy atom. The third-order valence-corrected chi connectivity index (χ3v) is 11.7. The molecule has 0 radical (unpaired) electrons. The number of hydrogen-bond acceptors (Lipinski definition) is 7. The predicted molar refractivity (Wildman–Crippen MR) is 160 cm³/mol. The lowest BCUT2D eigenvalue weighted by molar-refractivity contribution is 0.170. The molecule has 1 saturated heterocycles. The molecule has 1 aliphatic heterocycles. The topological polar surface area (TPSA) is 111 Å². The van der Waals surface area contributed by atoms with Gasteiger partial charge >= 0.3 is 0 Å². The number of fused-ring (bicyclic) bond motifs is 1. The molecule has 10 heteroatoms. The van der Waals surface area contributed by atoms with Crippen LogP contribution in [0.5, 0.6) is 0 Å². The first-order valence-electron chi connectivity index (χ1n) is 13.6. The molecule has 6 rings (SSSR count). The van der Waals surface area contributed by atoms with Gasteiger partial charge in [-0.05, 0) is 80.9 Å². The summed E-state index contributed by atoms with van der Waals surface area (Å²) in [5.74, 6) is 2.03. The Labute approximate surface area is 242 Å². The summed E-state index contributed by atoms with van der Waals surface area (Å²) in [5, 5.41) is 7.27. The Hall–Kier alpha value is -2.20. The molecule has 1 spiro atoms. The average molecular weight is 583 g/mol. The summed E-state index contributed by atoms with van der Waals surface area (Å²) in [4.78, 5) is 17.1. The summed E-state index contributed by atoms with van der Waals surface area (Å²) in [6.45, 7) is 5.80. The maximum absolute atomic E-state index is 12.4. The number of piperidine rings is 1. The lowest BCUT2D eigenvalue weighted by Gasteiger charge is -2.45. The second-order valence-corrected chi connectivity index (χ2v) is 15.0. The van der Waals surface area contributed by atoms with Crippen LogP contribution in [0.2, 0.25) is 5.02 Å². The molecule has 206 valence electrons. The minimum Gasteiger partial charge on any atom is -0.381 e. The number of nitrogens with zero attached hydrogens (tertiary/aromatic N) is 4. The predicted octanol–water partition coefficient (Wildman–Crippen LogP) is 5.85. The summed E-state index contributed by atoms with van der Waals surface area (Å²) in [6.07, 6.45) is 9.83. The van der Waals surface area contributed by atoms with Crippen LogP contribution < -0.4 is 15.8 Å². The van der Waals surface area contributed by atoms with E-state index in [0.29, 0.717) is 27.7 Å². The van der Waals surface area contributed by atoms with E-state index in [0.717, 1.165) is 68.0 Å². The van der Waals surface area contributed by atoms with Crippen molar-refractivity contribution in [3.8, 4) is 0 Å². The first-order chi connectivity index (χ1) is 18.7. The van der Waals surface area contributed by atoms with Crippen LogP contribution in [-0.4, -0.2) is 37.0 Å². The number of rotatable bonds is 7. The number of benzene rings is 1. The third kappa shape index (κ3) is 5.19. The fourth-order valence-electron chi connectivity index (χ4n) is 6.35. The SMILES string of the molecule is CC(C)(C[C@@H]1c2ccccc2CC12CCN(c1cnc(Sc3ccnc(C4CC4)c3Cl)c(N)n1)CC2)S(N)=O. The Kier molecular flexibility index (Phi) is 7.15. The quantitative estimate of drug-likeness (QED) is 0.359. The lowest BCUT2D eigenvalue weighted by Crippen LogP contribution is -2.45. The molecule has 2 fully saturated rings. The van der Waals surface area contributed by atoms with Crippen molar-refractivity contribution in [3.63, 3.8) is 0 Å². The number of halogens is 1. The Morgan fingerprint density at radius 1 is 1.18 bits per heavy atom. The van der Waals surface area contributed by atoms with E-state index in [2.05, 4.69) is 34.1 Å². The highest BCUT2D eigenvalue weighted by Gasteiger charge is 2.49. The Morgan fingerprint density at radius 2 is 1.92 bits per heavy atom. The first-order valence-corrected chi connectivity index (χ1v) is 16.0. The highest BCUT2D eigenvalue weighted by Crippen LogP contribution is 2.56. The molecule has 2 aliphatic carbocycles. The van der Waals surface area contributed by atoms with Gasteiger partial charge in [0.05, 0.1) is 32.6 Å². The zero-order valence-electron chi connectivity index (χ0n) is 22.4. The van der Waals surface area contributed by atoms with Crippen molar-refractivity contribution in [3.05, 3.63) is 64.6 Å². The van der Waals surface area contributed by atoms with E-state index in [-0.39, 0.29) is 5.41 Å². The molecule has 2 atom stereocenters. The molecule has 39 heavy (non-hydrogen) atoms. The number of nitrogens with two attached hydrogens (primary N) is 2. The van der Waals surface area contributed by atoms with Gasteiger partial charge in [-0.25, -0.2) is 14.2 Å². The van der Waals surface area contributed by atoms with Gasteiger partial charge < -0.3 is 10.6 Å². The molecule has 2 aromatic heterocycles. The highest BCUT2D eigenvalue weighted by atomic mass is 35.5. The molecule has 7 nitrogen and oxygen atoms in total. The van der Waals surface area contributed by atoms with Crippen LogP contribution in [0.4, 0.5) is 11.6 Å². The van der Waals surface area contributed by atoms with Gasteiger partial charge in [-0.15, -0.1) is 0 Å². The number of hydrogen-bond donors (Lipinski definition) is 2. The molecule has 0 bridgehead atoms. The van der Waals surface area contributed by atoms with Crippen molar-refractivity contribution in [2.45, 2.75) is 78.9 Å². The van der Waals surface area contributed by atoms with Gasteiger partial charge in [-0.3, -0.25) is 10.1 Å². The van der Waals surface area contributed by atoms with Crippen molar-refractivity contribution >= 4 is 46.0 Å². The van der Waals surface area contributed by atoms with E-state index in [1.807, 2.05) is 32.3 Å². The average Bonchev–Trinajstić information content (AvgIpc) is 3.72. The van der Waals surface area contributed by atoms with Gasteiger partial charge in [0, 0.05) is 30.1 Å². The van der Waals surface area contributed by atoms with Crippen LogP contribution in [-0.2, 0) is 17.4 Å². The van der Waals surface area contributed by atoms with Crippen LogP contribution >= 0.6 is 23.4 Å². The third-order valence-electron chi connectivity index (χ3n) is 8.84. The summed E-state index contributed by atoms with van der Waals surface area (Å²) < 4.78 is 11.9. The first kappa shape index (κ1) is 27.0. The van der Waals surface area contributed by atoms with Crippen molar-refractivity contribution in [2.75, 3.05) is 23.7 Å². The largest absolute Gasteiger partial charge is 0.381 e. The van der Waals surface area contributed by atoms with Crippen LogP contribution in [0, 0.1) is 5.41 Å². The summed E-state index contributed by atoms with van der Waals surface area (Å²) in [6, 6.07) is 10.7. The van der Waals surface area contributed by atoms with Gasteiger partial charge in [0.2, 0.25) is 0 Å². The van der Waals surface area contributed by atoms with Crippen LogP contribution in [0.25, 0.3) is 0 Å². The lowest BCUT2D eigenvalue weighted by atomic mass is 9.67. The van der Waals surface area contributed by atoms with Gasteiger partial charge in [0.1, 0.15) is 10.8 Å². The zero-order valence-corrected chi connectivity index (χ0v) is 24.8. The second-order valence-electron chi connectivity index (χ2n) is 11.8. The minimum atomic E-state index is -1.39. The van der Waals surface area contributed by atoms with E-state index in [1.165, 1.54) is 22.9 Å². The number of pyridine rings is 1. The molecule has 1 unspecified atom stereocenters. The molecular weight excluding hydrogens is 548 g/mol. The van der Waals surface area contributed by atoms with Crippen molar-refractivity contribution in [1.82, 2.24) is 15.0 Å². The van der Waals surface area contributed by atoms with E-state index in [4.69, 9.17) is 32.4 Å². The van der Waals surface area contributed by atoms with Gasteiger partial charge in [0.25, 0.3) is 0 Å². The summed E-state index contributed by atoms with van der Waals surface area (Å²) in [5.41, 5.74) is 10.3. The molecule has 0 amide bonds. The highest BCUT2D eigenvalue weighted by molar-refractivity contribution is 7.99. The summed E-state index contributed by atoms with van der Waals surface area (Å²) >= 11 is 8.10. The standard InChI is InChI=1S/C29H35ClN6OS2/c1-28(2,39(32)37)16-21-20-6-4-3-5-19(20)15-29(21)10-13-36(14-11-29)23-17-34-27(26(31)35-23)38-22-9-12-33-25(24(22)30)18-7-8-18/h3-6,9,12,17-18,21H,7-8,10-11,13-16,32H2,1-2H3,(H2,31,35)/t21-,39?/m1/s1. The van der Waals surface area contributed by atoms with Crippen LogP contribution in [0.15, 0.2) is 52.6 Å². The fraction of sp³-hybridized carbons (Fsp3) is 0.483. The van der Waals surface area contributed by atoms with Gasteiger partial charge in [-0.1, -0.05) is 47.6 Å². The van der Waals surface area contributed by atoms with E-state index in [9.17, 15) is 4.21 Å². The zero-order chi connectivity index (χ0) is 27.4. The molecule has 3 aromatic rings. The molecule has 4 N–H and O–H groups in total. The number of anilines is 2. The van der Waals surface area contributed by atoms with Crippen molar-refractivity contribution in [2.24, 2.45) is 10.6 Å². The molecular formula is C29H35ClN6OS2. The fourth-order valence-corrected chi connectivity index (χ4v) is 7.85. The van der Waals surface area contributed by atoms with Gasteiger partial charge in [-0.2, -0.15) is 0 Å². The van der Waals surface area contributed by atoms with Crippen LogP contribution in [0.1, 0.15) is 74.6 Å². The number of nitrogen functional groups attached to an aromatic ring is 1. The molecule has 3 heterocycles. The van der Waals surface area contributed by atoms with E-state index >= 15 is 0 Å². The molecule has 1 aromatic carbocycles. The monoisotopic (exact) mass is 582 g/mol. The van der Waals surface area contributed by atoms with Crippen molar-refractivity contribution < 1.29 is 4.21 Å². The molecule has 1 saturated carbocycles. The molecule has 3 aliphatic rings. The minimum absolute atomic E-state index is 0.128. The Balaban J connectivity index is 1.18. The summed E-state index contributed by atoms with van der Waals surface area (Å²) in [7, 11) is -1.39. The van der Waals surface area contributed by atoms with Crippen LogP contribution in [0.3, 0.4) is 0 Å². The smallest absolute Gasteiger partial charge is 0.158 e. The van der Waals surface area contributed by atoms with E-state index in [1.54, 1.807) is 0 Å².